The first-order valence-electron chi connectivity index (χ1n) is 5.49. The lowest BCUT2D eigenvalue weighted by molar-refractivity contribution is 0.317. The molecule has 1 fully saturated rings. The fourth-order valence-electron chi connectivity index (χ4n) is 1.70. The van der Waals surface area contributed by atoms with Crippen LogP contribution in [-0.2, 0) is 0 Å². The molecule has 0 atom stereocenters. The molecule has 1 N–H and O–H groups in total. The van der Waals surface area contributed by atoms with Crippen LogP contribution in [0, 0.1) is 0 Å². The van der Waals surface area contributed by atoms with Crippen LogP contribution in [0.3, 0.4) is 0 Å². The quantitative estimate of drug-likeness (QED) is 0.945. The zero-order valence-electron chi connectivity index (χ0n) is 9.14. The van der Waals surface area contributed by atoms with Crippen LogP contribution in [0.2, 0.25) is 0 Å². The minimum atomic E-state index is 0.467. The highest BCUT2D eigenvalue weighted by atomic mass is 79.9. The molecule has 5 heteroatoms. The molecule has 1 aliphatic heterocycles. The number of benzene rings is 1. The summed E-state index contributed by atoms with van der Waals surface area (Å²) in [5.74, 6) is 1.58. The van der Waals surface area contributed by atoms with Crippen LogP contribution >= 0.6 is 15.9 Å². The van der Waals surface area contributed by atoms with E-state index in [1.54, 1.807) is 6.20 Å². The van der Waals surface area contributed by atoms with E-state index in [2.05, 4.69) is 26.3 Å². The van der Waals surface area contributed by atoms with Crippen molar-refractivity contribution in [2.75, 3.05) is 13.1 Å². The van der Waals surface area contributed by atoms with E-state index < -0.39 is 0 Å². The van der Waals surface area contributed by atoms with Gasteiger partial charge >= 0.3 is 0 Å². The zero-order valence-corrected chi connectivity index (χ0v) is 10.7. The summed E-state index contributed by atoms with van der Waals surface area (Å²) < 4.78 is 8.68. The van der Waals surface area contributed by atoms with Gasteiger partial charge in [0.25, 0.3) is 0 Å². The molecule has 0 spiro atoms. The summed E-state index contributed by atoms with van der Waals surface area (Å²) in [4.78, 5) is 0. The number of nitrogens with one attached hydrogen (secondary N) is 1. The van der Waals surface area contributed by atoms with Crippen molar-refractivity contribution in [1.29, 1.82) is 0 Å². The van der Waals surface area contributed by atoms with Crippen molar-refractivity contribution < 1.29 is 4.74 Å². The molecule has 1 aliphatic rings. The fraction of sp³-hybridized carbons (Fsp3) is 0.250. The van der Waals surface area contributed by atoms with E-state index in [0.29, 0.717) is 6.04 Å². The standard InChI is InChI=1S/C12H12BrN3O/c13-9-2-1-3-11(4-9)17-12-7-15-16(8-12)10-5-14-6-10/h1-4,7-8,10,14H,5-6H2. The van der Waals surface area contributed by atoms with E-state index in [1.165, 1.54) is 0 Å². The normalized spacial score (nSPS) is 15.6. The summed E-state index contributed by atoms with van der Waals surface area (Å²) in [5, 5.41) is 7.52. The molecule has 1 saturated heterocycles. The molecule has 17 heavy (non-hydrogen) atoms. The summed E-state index contributed by atoms with van der Waals surface area (Å²) >= 11 is 3.42. The first-order chi connectivity index (χ1) is 8.31. The van der Waals surface area contributed by atoms with Crippen LogP contribution in [0.5, 0.6) is 11.5 Å². The Hall–Kier alpha value is -1.33. The van der Waals surface area contributed by atoms with E-state index in [4.69, 9.17) is 4.74 Å². The van der Waals surface area contributed by atoms with Gasteiger partial charge in [-0.15, -0.1) is 0 Å². The minimum absolute atomic E-state index is 0.467. The molecule has 88 valence electrons. The predicted octanol–water partition coefficient (Wildman–Crippen LogP) is 2.58. The predicted molar refractivity (Wildman–Crippen MR) is 68.3 cm³/mol. The van der Waals surface area contributed by atoms with Gasteiger partial charge in [0.15, 0.2) is 5.75 Å². The number of halogens is 1. The van der Waals surface area contributed by atoms with Gasteiger partial charge < -0.3 is 10.1 Å². The van der Waals surface area contributed by atoms with Gasteiger partial charge in [-0.2, -0.15) is 5.10 Å². The maximum absolute atomic E-state index is 5.72. The average Bonchev–Trinajstić information content (AvgIpc) is 2.63. The molecule has 1 aromatic carbocycles. The molecule has 3 rings (SSSR count). The van der Waals surface area contributed by atoms with Gasteiger partial charge in [-0.05, 0) is 18.2 Å². The Labute approximate surface area is 108 Å². The number of hydrogen-bond donors (Lipinski definition) is 1. The Bertz CT molecular complexity index is 522. The second-order valence-electron chi connectivity index (χ2n) is 4.03. The summed E-state index contributed by atoms with van der Waals surface area (Å²) in [7, 11) is 0. The minimum Gasteiger partial charge on any atom is -0.454 e. The van der Waals surface area contributed by atoms with Gasteiger partial charge in [0, 0.05) is 17.6 Å². The third kappa shape index (κ3) is 2.35. The summed E-state index contributed by atoms with van der Waals surface area (Å²) in [6.07, 6.45) is 3.69. The van der Waals surface area contributed by atoms with Crippen LogP contribution in [0.25, 0.3) is 0 Å². The van der Waals surface area contributed by atoms with E-state index in [0.717, 1.165) is 29.1 Å². The van der Waals surface area contributed by atoms with Gasteiger partial charge in [-0.1, -0.05) is 22.0 Å². The van der Waals surface area contributed by atoms with Gasteiger partial charge in [-0.3, -0.25) is 4.68 Å². The van der Waals surface area contributed by atoms with Crippen molar-refractivity contribution in [3.63, 3.8) is 0 Å². The van der Waals surface area contributed by atoms with Gasteiger partial charge in [0.2, 0.25) is 0 Å². The Balaban J connectivity index is 1.74. The molecule has 0 unspecified atom stereocenters. The second-order valence-corrected chi connectivity index (χ2v) is 4.94. The van der Waals surface area contributed by atoms with Crippen molar-refractivity contribution >= 4 is 15.9 Å². The Morgan fingerprint density at radius 1 is 1.35 bits per heavy atom. The first kappa shape index (κ1) is 10.8. The molecule has 0 aliphatic carbocycles. The van der Waals surface area contributed by atoms with Crippen LogP contribution in [0.1, 0.15) is 6.04 Å². The molecular formula is C12H12BrN3O. The molecular weight excluding hydrogens is 282 g/mol. The Kier molecular flexibility index (Phi) is 2.86. The van der Waals surface area contributed by atoms with Crippen molar-refractivity contribution in [3.8, 4) is 11.5 Å². The molecule has 2 heterocycles. The summed E-state index contributed by atoms with van der Waals surface area (Å²) in [6.45, 7) is 1.97. The smallest absolute Gasteiger partial charge is 0.165 e. The zero-order chi connectivity index (χ0) is 11.7. The van der Waals surface area contributed by atoms with E-state index in [9.17, 15) is 0 Å². The molecule has 2 aromatic rings. The molecule has 0 radical (unpaired) electrons. The lowest BCUT2D eigenvalue weighted by Gasteiger charge is -2.26. The monoisotopic (exact) mass is 293 g/mol. The maximum atomic E-state index is 5.72. The summed E-state index contributed by atoms with van der Waals surface area (Å²) in [5.41, 5.74) is 0. The van der Waals surface area contributed by atoms with Gasteiger partial charge in [-0.25, -0.2) is 0 Å². The molecule has 4 nitrogen and oxygen atoms in total. The topological polar surface area (TPSA) is 39.1 Å². The molecule has 1 aromatic heterocycles. The largest absolute Gasteiger partial charge is 0.454 e. The highest BCUT2D eigenvalue weighted by Gasteiger charge is 2.19. The third-order valence-electron chi connectivity index (χ3n) is 2.74. The number of aromatic nitrogens is 2. The van der Waals surface area contributed by atoms with Crippen LogP contribution in [0.4, 0.5) is 0 Å². The first-order valence-corrected chi connectivity index (χ1v) is 6.29. The maximum Gasteiger partial charge on any atom is 0.165 e. The van der Waals surface area contributed by atoms with Crippen molar-refractivity contribution in [3.05, 3.63) is 41.1 Å². The van der Waals surface area contributed by atoms with E-state index in [-0.39, 0.29) is 0 Å². The lowest BCUT2D eigenvalue weighted by atomic mass is 10.2. The lowest BCUT2D eigenvalue weighted by Crippen LogP contribution is -2.43. The summed E-state index contributed by atoms with van der Waals surface area (Å²) in [6, 6.07) is 8.24. The van der Waals surface area contributed by atoms with E-state index >= 15 is 0 Å². The van der Waals surface area contributed by atoms with Crippen molar-refractivity contribution in [1.82, 2.24) is 15.1 Å². The van der Waals surface area contributed by atoms with Crippen LogP contribution in [-0.4, -0.2) is 22.9 Å². The number of nitrogens with zero attached hydrogens (tertiary/aromatic N) is 2. The highest BCUT2D eigenvalue weighted by Crippen LogP contribution is 2.25. The van der Waals surface area contributed by atoms with Crippen molar-refractivity contribution in [2.45, 2.75) is 6.04 Å². The fourth-order valence-corrected chi connectivity index (χ4v) is 2.08. The third-order valence-corrected chi connectivity index (χ3v) is 3.24. The molecule has 0 amide bonds. The average molecular weight is 294 g/mol. The second kappa shape index (κ2) is 4.50. The van der Waals surface area contributed by atoms with E-state index in [1.807, 2.05) is 35.1 Å². The number of ether oxygens (including phenoxy) is 1. The number of rotatable bonds is 3. The van der Waals surface area contributed by atoms with Gasteiger partial charge in [0.1, 0.15) is 5.75 Å². The molecule has 0 saturated carbocycles. The van der Waals surface area contributed by atoms with Crippen molar-refractivity contribution in [2.24, 2.45) is 0 Å². The molecule has 0 bridgehead atoms. The Morgan fingerprint density at radius 3 is 2.94 bits per heavy atom. The Morgan fingerprint density at radius 2 is 2.24 bits per heavy atom. The van der Waals surface area contributed by atoms with Gasteiger partial charge in [0.05, 0.1) is 18.4 Å². The number of hydrogen-bond acceptors (Lipinski definition) is 3. The van der Waals surface area contributed by atoms with Crippen LogP contribution in [0.15, 0.2) is 41.1 Å². The highest BCUT2D eigenvalue weighted by molar-refractivity contribution is 9.10. The SMILES string of the molecule is Brc1cccc(Oc2cnn(C3CNC3)c2)c1. The van der Waals surface area contributed by atoms with Crippen LogP contribution < -0.4 is 10.1 Å².